The van der Waals surface area contributed by atoms with Crippen LogP contribution >= 0.6 is 45.2 Å². The van der Waals surface area contributed by atoms with E-state index in [-0.39, 0.29) is 0 Å². The Morgan fingerprint density at radius 1 is 1.23 bits per heavy atom. The van der Waals surface area contributed by atoms with Crippen molar-refractivity contribution < 1.29 is 5.11 Å². The first-order valence-electron chi connectivity index (χ1n) is 7.74. The van der Waals surface area contributed by atoms with Crippen molar-refractivity contribution in [1.82, 2.24) is 15.1 Å². The fourth-order valence-corrected chi connectivity index (χ4v) is 4.71. The molecular formula is C16H25I2N3O. The lowest BCUT2D eigenvalue weighted by atomic mass is 10.1. The Morgan fingerprint density at radius 2 is 1.91 bits per heavy atom. The summed E-state index contributed by atoms with van der Waals surface area (Å²) < 4.78 is 2.09. The number of piperazine rings is 1. The summed E-state index contributed by atoms with van der Waals surface area (Å²) in [6.07, 6.45) is 0. The zero-order valence-corrected chi connectivity index (χ0v) is 17.6. The van der Waals surface area contributed by atoms with E-state index in [0.717, 1.165) is 28.8 Å². The number of rotatable bonds is 6. The number of aromatic hydroxyl groups is 1. The third-order valence-electron chi connectivity index (χ3n) is 4.08. The fraction of sp³-hybridized carbons (Fsp3) is 0.625. The number of phenolic OH excluding ortho intramolecular Hbond substituents is 1. The van der Waals surface area contributed by atoms with Gasteiger partial charge < -0.3 is 20.2 Å². The molecule has 4 nitrogen and oxygen atoms in total. The maximum absolute atomic E-state index is 10.1. The highest BCUT2D eigenvalue weighted by atomic mass is 127. The van der Waals surface area contributed by atoms with Crippen molar-refractivity contribution in [3.05, 3.63) is 24.8 Å². The maximum Gasteiger partial charge on any atom is 0.133 e. The minimum atomic E-state index is 0.417. The van der Waals surface area contributed by atoms with Crippen LogP contribution in [0.3, 0.4) is 0 Å². The summed E-state index contributed by atoms with van der Waals surface area (Å²) in [6, 6.07) is 4.05. The van der Waals surface area contributed by atoms with Crippen LogP contribution < -0.4 is 5.32 Å². The zero-order chi connectivity index (χ0) is 16.1. The van der Waals surface area contributed by atoms with Gasteiger partial charge in [-0.2, -0.15) is 0 Å². The molecule has 2 N–H and O–H groups in total. The summed E-state index contributed by atoms with van der Waals surface area (Å²) in [7, 11) is 2.19. The van der Waals surface area contributed by atoms with Gasteiger partial charge in [0.05, 0.1) is 3.57 Å². The van der Waals surface area contributed by atoms with E-state index < -0.39 is 0 Å². The van der Waals surface area contributed by atoms with Gasteiger partial charge in [0.15, 0.2) is 0 Å². The molecule has 1 atom stereocenters. The van der Waals surface area contributed by atoms with E-state index in [4.69, 9.17) is 0 Å². The third-order valence-corrected chi connectivity index (χ3v) is 5.53. The highest BCUT2D eigenvalue weighted by Gasteiger charge is 2.16. The highest BCUT2D eigenvalue weighted by molar-refractivity contribution is 14.1. The predicted octanol–water partition coefficient (Wildman–Crippen LogP) is 2.57. The molecule has 0 radical (unpaired) electrons. The van der Waals surface area contributed by atoms with Crippen molar-refractivity contribution in [3.8, 4) is 5.75 Å². The van der Waals surface area contributed by atoms with Gasteiger partial charge in [-0.15, -0.1) is 0 Å². The van der Waals surface area contributed by atoms with Crippen LogP contribution in [0, 0.1) is 13.1 Å². The van der Waals surface area contributed by atoms with Crippen molar-refractivity contribution in [3.63, 3.8) is 0 Å². The molecule has 0 bridgehead atoms. The van der Waals surface area contributed by atoms with E-state index in [1.54, 1.807) is 0 Å². The smallest absolute Gasteiger partial charge is 0.133 e. The number of hydrogen-bond donors (Lipinski definition) is 2. The SMILES string of the molecule is C[C@H](CNCc1cc(I)cc(I)c1O)CN1CCN(C)CC1. The van der Waals surface area contributed by atoms with Crippen LogP contribution in [0.15, 0.2) is 12.1 Å². The Labute approximate surface area is 160 Å². The molecule has 1 aromatic rings. The third kappa shape index (κ3) is 5.77. The van der Waals surface area contributed by atoms with Crippen molar-refractivity contribution in [2.75, 3.05) is 46.3 Å². The van der Waals surface area contributed by atoms with E-state index in [2.05, 4.69) is 80.3 Å². The number of hydrogen-bond acceptors (Lipinski definition) is 4. The van der Waals surface area contributed by atoms with E-state index >= 15 is 0 Å². The van der Waals surface area contributed by atoms with Crippen LogP contribution in [0.5, 0.6) is 5.75 Å². The zero-order valence-electron chi connectivity index (χ0n) is 13.3. The Bertz CT molecular complexity index is 491. The average Bonchev–Trinajstić information content (AvgIpc) is 2.46. The topological polar surface area (TPSA) is 38.7 Å². The van der Waals surface area contributed by atoms with Gasteiger partial charge in [0.1, 0.15) is 5.75 Å². The van der Waals surface area contributed by atoms with E-state index in [1.165, 1.54) is 29.7 Å². The minimum Gasteiger partial charge on any atom is -0.507 e. The summed E-state index contributed by atoms with van der Waals surface area (Å²) in [5.74, 6) is 1.03. The van der Waals surface area contributed by atoms with Crippen LogP contribution in [0.1, 0.15) is 12.5 Å². The first-order chi connectivity index (χ1) is 10.5. The largest absolute Gasteiger partial charge is 0.507 e. The van der Waals surface area contributed by atoms with E-state index in [1.807, 2.05) is 6.07 Å². The van der Waals surface area contributed by atoms with Crippen LogP contribution in [0.4, 0.5) is 0 Å². The minimum absolute atomic E-state index is 0.417. The first-order valence-corrected chi connectivity index (χ1v) is 9.90. The molecular weight excluding hydrogens is 504 g/mol. The molecule has 1 aliphatic heterocycles. The average molecular weight is 529 g/mol. The summed E-state index contributed by atoms with van der Waals surface area (Å²) in [4.78, 5) is 4.94. The van der Waals surface area contributed by atoms with Gasteiger partial charge in [-0.05, 0) is 76.8 Å². The van der Waals surface area contributed by atoms with E-state index in [0.29, 0.717) is 11.7 Å². The van der Waals surface area contributed by atoms with Crippen LogP contribution in [0.2, 0.25) is 0 Å². The Kier molecular flexibility index (Phi) is 7.65. The summed E-state index contributed by atoms with van der Waals surface area (Å²) in [5.41, 5.74) is 0.989. The van der Waals surface area contributed by atoms with Gasteiger partial charge in [0.25, 0.3) is 0 Å². The molecule has 1 heterocycles. The molecule has 2 rings (SSSR count). The second-order valence-corrected chi connectivity index (χ2v) is 8.64. The lowest BCUT2D eigenvalue weighted by molar-refractivity contribution is 0.138. The molecule has 0 amide bonds. The highest BCUT2D eigenvalue weighted by Crippen LogP contribution is 2.26. The molecule has 22 heavy (non-hydrogen) atoms. The molecule has 1 fully saturated rings. The molecule has 1 aromatic carbocycles. The van der Waals surface area contributed by atoms with Crippen molar-refractivity contribution in [1.29, 1.82) is 0 Å². The molecule has 0 unspecified atom stereocenters. The van der Waals surface area contributed by atoms with Gasteiger partial charge in [-0.3, -0.25) is 0 Å². The van der Waals surface area contributed by atoms with Gasteiger partial charge in [-0.1, -0.05) is 6.92 Å². The second-order valence-electron chi connectivity index (χ2n) is 6.24. The Hall–Kier alpha value is 0.360. The monoisotopic (exact) mass is 529 g/mol. The molecule has 0 aromatic heterocycles. The summed E-state index contributed by atoms with van der Waals surface area (Å²) in [6.45, 7) is 9.86. The molecule has 0 saturated carbocycles. The number of phenols is 1. The predicted molar refractivity (Wildman–Crippen MR) is 108 cm³/mol. The van der Waals surface area contributed by atoms with Gasteiger partial charge >= 0.3 is 0 Å². The Balaban J connectivity index is 1.74. The fourth-order valence-electron chi connectivity index (χ4n) is 2.74. The number of benzene rings is 1. The standard InChI is InChI=1S/C16H25I2N3O/c1-12(11-21-5-3-20(2)4-6-21)9-19-10-13-7-14(17)8-15(18)16(13)22/h7-8,12,19,22H,3-6,9-11H2,1-2H3/t12-/m1/s1. The Morgan fingerprint density at radius 3 is 2.59 bits per heavy atom. The van der Waals surface area contributed by atoms with Gasteiger partial charge in [-0.25, -0.2) is 0 Å². The van der Waals surface area contributed by atoms with Crippen molar-refractivity contribution in [2.45, 2.75) is 13.5 Å². The van der Waals surface area contributed by atoms with Crippen molar-refractivity contribution >= 4 is 45.2 Å². The lowest BCUT2D eigenvalue weighted by Gasteiger charge is -2.34. The van der Waals surface area contributed by atoms with Crippen molar-refractivity contribution in [2.24, 2.45) is 5.92 Å². The molecule has 0 spiro atoms. The molecule has 0 aliphatic carbocycles. The van der Waals surface area contributed by atoms with Crippen LogP contribution in [0.25, 0.3) is 0 Å². The first kappa shape index (κ1) is 18.7. The van der Waals surface area contributed by atoms with E-state index in [9.17, 15) is 5.11 Å². The van der Waals surface area contributed by atoms with Crippen LogP contribution in [-0.4, -0.2) is 61.2 Å². The molecule has 6 heteroatoms. The quantitative estimate of drug-likeness (QED) is 0.557. The summed E-state index contributed by atoms with van der Waals surface area (Å²) in [5, 5.41) is 13.6. The number of likely N-dealkylation sites (N-methyl/N-ethyl adjacent to an activating group) is 1. The maximum atomic E-state index is 10.1. The number of nitrogens with zero attached hydrogens (tertiary/aromatic N) is 2. The number of nitrogens with one attached hydrogen (secondary N) is 1. The number of halogens is 2. The van der Waals surface area contributed by atoms with Crippen LogP contribution in [-0.2, 0) is 6.54 Å². The normalized spacial score (nSPS) is 18.5. The molecule has 1 aliphatic rings. The lowest BCUT2D eigenvalue weighted by Crippen LogP contribution is -2.46. The summed E-state index contributed by atoms with van der Waals surface area (Å²) >= 11 is 4.48. The van der Waals surface area contributed by atoms with Gasteiger partial charge in [0.2, 0.25) is 0 Å². The molecule has 124 valence electrons. The second kappa shape index (κ2) is 9.00. The molecule has 1 saturated heterocycles. The van der Waals surface area contributed by atoms with Gasteiger partial charge in [0, 0.05) is 48.4 Å².